The van der Waals surface area contributed by atoms with Gasteiger partial charge in [0.25, 0.3) is 5.91 Å². The van der Waals surface area contributed by atoms with Crippen LogP contribution in [0.1, 0.15) is 34.3 Å². The fourth-order valence-electron chi connectivity index (χ4n) is 2.93. The molecule has 0 fully saturated rings. The van der Waals surface area contributed by atoms with E-state index in [2.05, 4.69) is 10.6 Å². The summed E-state index contributed by atoms with van der Waals surface area (Å²) >= 11 is 0. The van der Waals surface area contributed by atoms with Gasteiger partial charge in [-0.3, -0.25) is 9.59 Å². The summed E-state index contributed by atoms with van der Waals surface area (Å²) in [7, 11) is 1.62. The van der Waals surface area contributed by atoms with E-state index in [9.17, 15) is 9.59 Å². The molecular formula is C20H22N2O3. The minimum Gasteiger partial charge on any atom is -0.493 e. The Balaban J connectivity index is 1.73. The number of nitrogens with one attached hydrogen (secondary N) is 2. The van der Waals surface area contributed by atoms with Crippen LogP contribution in [0.2, 0.25) is 0 Å². The summed E-state index contributed by atoms with van der Waals surface area (Å²) in [5, 5.41) is 5.58. The van der Waals surface area contributed by atoms with Gasteiger partial charge in [0.2, 0.25) is 5.91 Å². The molecule has 0 saturated heterocycles. The van der Waals surface area contributed by atoms with Crippen LogP contribution >= 0.6 is 0 Å². The molecule has 0 aromatic heterocycles. The Bertz CT molecular complexity index is 786. The fraction of sp³-hybridized carbons (Fsp3) is 0.300. The maximum absolute atomic E-state index is 12.6. The molecule has 1 aliphatic rings. The molecule has 0 aliphatic carbocycles. The van der Waals surface area contributed by atoms with Crippen molar-refractivity contribution in [1.82, 2.24) is 5.32 Å². The van der Waals surface area contributed by atoms with Gasteiger partial charge in [-0.25, -0.2) is 0 Å². The fourth-order valence-corrected chi connectivity index (χ4v) is 2.93. The van der Waals surface area contributed by atoms with Crippen LogP contribution in [0, 0.1) is 0 Å². The number of ether oxygens (including phenoxy) is 1. The molecule has 1 aliphatic heterocycles. The van der Waals surface area contributed by atoms with E-state index in [-0.39, 0.29) is 11.8 Å². The topological polar surface area (TPSA) is 67.4 Å². The molecule has 0 atom stereocenters. The van der Waals surface area contributed by atoms with E-state index < -0.39 is 0 Å². The molecule has 2 aromatic rings. The molecule has 0 unspecified atom stereocenters. The largest absolute Gasteiger partial charge is 0.493 e. The minimum atomic E-state index is -0.152. The zero-order valence-corrected chi connectivity index (χ0v) is 14.3. The van der Waals surface area contributed by atoms with Gasteiger partial charge in [0.05, 0.1) is 6.61 Å². The van der Waals surface area contributed by atoms with Gasteiger partial charge >= 0.3 is 0 Å². The summed E-state index contributed by atoms with van der Waals surface area (Å²) in [6.07, 6.45) is 2.87. The van der Waals surface area contributed by atoms with Crippen molar-refractivity contribution in [1.29, 1.82) is 0 Å². The van der Waals surface area contributed by atoms with Crippen molar-refractivity contribution in [3.8, 4) is 5.75 Å². The predicted octanol–water partition coefficient (Wildman–Crippen LogP) is 2.94. The Hall–Kier alpha value is -2.82. The predicted molar refractivity (Wildman–Crippen MR) is 97.0 cm³/mol. The van der Waals surface area contributed by atoms with Crippen molar-refractivity contribution < 1.29 is 14.3 Å². The number of amides is 2. The maximum atomic E-state index is 12.6. The zero-order chi connectivity index (χ0) is 17.6. The van der Waals surface area contributed by atoms with Gasteiger partial charge in [0, 0.05) is 24.7 Å². The van der Waals surface area contributed by atoms with Crippen molar-refractivity contribution in [2.24, 2.45) is 0 Å². The average Bonchev–Trinajstić information content (AvgIpc) is 2.66. The van der Waals surface area contributed by atoms with Gasteiger partial charge in [-0.05, 0) is 54.7 Å². The molecule has 2 aromatic carbocycles. The van der Waals surface area contributed by atoms with Crippen LogP contribution in [0.15, 0.2) is 42.5 Å². The lowest BCUT2D eigenvalue weighted by Gasteiger charge is -2.18. The van der Waals surface area contributed by atoms with Crippen molar-refractivity contribution in [3.05, 3.63) is 59.2 Å². The van der Waals surface area contributed by atoms with Crippen LogP contribution < -0.4 is 15.4 Å². The van der Waals surface area contributed by atoms with Crippen molar-refractivity contribution in [2.45, 2.75) is 25.7 Å². The first kappa shape index (κ1) is 17.0. The summed E-state index contributed by atoms with van der Waals surface area (Å²) in [5.41, 5.74) is 3.38. The van der Waals surface area contributed by atoms with Gasteiger partial charge < -0.3 is 15.4 Å². The quantitative estimate of drug-likeness (QED) is 0.881. The van der Waals surface area contributed by atoms with E-state index in [1.807, 2.05) is 36.4 Å². The molecule has 0 bridgehead atoms. The van der Waals surface area contributed by atoms with E-state index in [0.29, 0.717) is 18.4 Å². The Morgan fingerprint density at radius 3 is 2.84 bits per heavy atom. The molecule has 1 heterocycles. The summed E-state index contributed by atoms with van der Waals surface area (Å²) in [5.74, 6) is 0.699. The number of para-hydroxylation sites is 1. The third kappa shape index (κ3) is 4.18. The van der Waals surface area contributed by atoms with Gasteiger partial charge in [-0.15, -0.1) is 0 Å². The first-order valence-corrected chi connectivity index (χ1v) is 8.53. The number of carbonyl (C=O) groups is 2. The second-order valence-corrected chi connectivity index (χ2v) is 6.06. The minimum absolute atomic E-state index is 0.0178. The molecule has 0 radical (unpaired) electrons. The van der Waals surface area contributed by atoms with Crippen LogP contribution in [-0.4, -0.2) is 25.5 Å². The lowest BCUT2D eigenvalue weighted by atomic mass is 10.0. The van der Waals surface area contributed by atoms with E-state index in [0.717, 1.165) is 42.0 Å². The molecule has 5 heteroatoms. The van der Waals surface area contributed by atoms with E-state index >= 15 is 0 Å². The first-order valence-electron chi connectivity index (χ1n) is 8.53. The number of benzene rings is 2. The molecule has 25 heavy (non-hydrogen) atoms. The number of carbonyl (C=O) groups excluding carboxylic acids is 2. The highest BCUT2D eigenvalue weighted by molar-refractivity contribution is 6.05. The van der Waals surface area contributed by atoms with Crippen LogP contribution in [0.4, 0.5) is 5.69 Å². The molecule has 130 valence electrons. The van der Waals surface area contributed by atoms with E-state index in [1.165, 1.54) is 0 Å². The Kier molecular flexibility index (Phi) is 5.33. The number of hydrogen-bond donors (Lipinski definition) is 2. The van der Waals surface area contributed by atoms with Crippen LogP contribution in [0.25, 0.3) is 0 Å². The molecule has 0 saturated carbocycles. The summed E-state index contributed by atoms with van der Waals surface area (Å²) < 4.78 is 5.59. The standard InChI is InChI=1S/C20H22N2O3/c1-21-19(23)11-9-14-5-2-3-7-17(14)22-20(24)16-8-10-18-15(13-16)6-4-12-25-18/h2-3,5,7-8,10,13H,4,6,9,11-12H2,1H3,(H,21,23)(H,22,24). The lowest BCUT2D eigenvalue weighted by Crippen LogP contribution is -2.19. The normalized spacial score (nSPS) is 12.7. The van der Waals surface area contributed by atoms with Gasteiger partial charge in [0.1, 0.15) is 5.75 Å². The highest BCUT2D eigenvalue weighted by Crippen LogP contribution is 2.26. The molecule has 5 nitrogen and oxygen atoms in total. The van der Waals surface area contributed by atoms with Gasteiger partial charge in [-0.2, -0.15) is 0 Å². The molecule has 2 amide bonds. The van der Waals surface area contributed by atoms with Crippen LogP contribution in [0.5, 0.6) is 5.75 Å². The SMILES string of the molecule is CNC(=O)CCc1ccccc1NC(=O)c1ccc2c(c1)CCCO2. The van der Waals surface area contributed by atoms with Crippen molar-refractivity contribution >= 4 is 17.5 Å². The Morgan fingerprint density at radius 2 is 2.00 bits per heavy atom. The summed E-state index contributed by atoms with van der Waals surface area (Å²) in [4.78, 5) is 24.1. The maximum Gasteiger partial charge on any atom is 0.255 e. The second kappa shape index (κ2) is 7.83. The Morgan fingerprint density at radius 1 is 1.16 bits per heavy atom. The van der Waals surface area contributed by atoms with Crippen LogP contribution in [-0.2, 0) is 17.6 Å². The van der Waals surface area contributed by atoms with Gasteiger partial charge in [0.15, 0.2) is 0 Å². The van der Waals surface area contributed by atoms with Crippen LogP contribution in [0.3, 0.4) is 0 Å². The third-order valence-corrected chi connectivity index (χ3v) is 4.34. The first-order chi connectivity index (χ1) is 12.2. The van der Waals surface area contributed by atoms with Crippen molar-refractivity contribution in [2.75, 3.05) is 19.0 Å². The number of aryl methyl sites for hydroxylation is 2. The third-order valence-electron chi connectivity index (χ3n) is 4.34. The van der Waals surface area contributed by atoms with Gasteiger partial charge in [-0.1, -0.05) is 18.2 Å². The molecule has 3 rings (SSSR count). The van der Waals surface area contributed by atoms with E-state index in [1.54, 1.807) is 13.1 Å². The number of rotatable bonds is 5. The summed E-state index contributed by atoms with van der Waals surface area (Å²) in [6, 6.07) is 13.1. The lowest BCUT2D eigenvalue weighted by molar-refractivity contribution is -0.120. The Labute approximate surface area is 147 Å². The molecule has 2 N–H and O–H groups in total. The number of hydrogen-bond acceptors (Lipinski definition) is 3. The smallest absolute Gasteiger partial charge is 0.255 e. The zero-order valence-electron chi connectivity index (χ0n) is 14.3. The highest BCUT2D eigenvalue weighted by Gasteiger charge is 2.15. The number of anilines is 1. The highest BCUT2D eigenvalue weighted by atomic mass is 16.5. The average molecular weight is 338 g/mol. The monoisotopic (exact) mass is 338 g/mol. The molecular weight excluding hydrogens is 316 g/mol. The molecule has 0 spiro atoms. The number of fused-ring (bicyclic) bond motifs is 1. The second-order valence-electron chi connectivity index (χ2n) is 6.06. The van der Waals surface area contributed by atoms with Crippen molar-refractivity contribution in [3.63, 3.8) is 0 Å². The van der Waals surface area contributed by atoms with E-state index in [4.69, 9.17) is 4.74 Å². The summed E-state index contributed by atoms with van der Waals surface area (Å²) in [6.45, 7) is 0.733.